The zero-order chi connectivity index (χ0) is 8.27. The summed E-state index contributed by atoms with van der Waals surface area (Å²) in [6, 6.07) is 6.43. The fraction of sp³-hybridized carbons (Fsp3) is 0.250. The van der Waals surface area contributed by atoms with Crippen LogP contribution in [0, 0.1) is 9.39 Å². The van der Waals surface area contributed by atoms with E-state index < -0.39 is 0 Å². The molecule has 60 valence electrons. The van der Waals surface area contributed by atoms with Gasteiger partial charge in [0.15, 0.2) is 0 Å². The number of hydrogen-bond acceptors (Lipinski definition) is 0. The topological polar surface area (TPSA) is 0 Å². The largest absolute Gasteiger partial charge is 0.207 e. The van der Waals surface area contributed by atoms with Gasteiger partial charge in [-0.1, -0.05) is 6.04 Å². The molecule has 1 rings (SSSR count). The lowest BCUT2D eigenvalue weighted by Crippen LogP contribution is -1.87. The highest BCUT2D eigenvalue weighted by Gasteiger charge is 1.96. The van der Waals surface area contributed by atoms with Crippen molar-refractivity contribution in [3.8, 4) is 0 Å². The smallest absolute Gasteiger partial charge is 0.124 e. The molecule has 0 aliphatic heterocycles. The lowest BCUT2D eigenvalue weighted by molar-refractivity contribution is 0.624. The standard InChI is InChI=1S/C8H10FISi/c9-7-3-6(1-2-11)4-8(10)5-7/h3-5H,1-2H2,11H3. The van der Waals surface area contributed by atoms with Gasteiger partial charge in [-0.05, 0) is 52.8 Å². The minimum Gasteiger partial charge on any atom is -0.207 e. The molecular formula is C8H10FISi. The molecule has 0 nitrogen and oxygen atoms in total. The van der Waals surface area contributed by atoms with Gasteiger partial charge in [0.2, 0.25) is 0 Å². The molecule has 0 atom stereocenters. The molecule has 1 aromatic rings. The molecule has 1 aromatic carbocycles. The number of rotatable bonds is 2. The Bertz CT molecular complexity index is 230. The predicted octanol–water partition coefficient (Wildman–Crippen LogP) is 1.76. The summed E-state index contributed by atoms with van der Waals surface area (Å²) in [4.78, 5) is 0. The van der Waals surface area contributed by atoms with E-state index in [9.17, 15) is 4.39 Å². The van der Waals surface area contributed by atoms with Crippen molar-refractivity contribution in [3.63, 3.8) is 0 Å². The summed E-state index contributed by atoms with van der Waals surface area (Å²) in [6.45, 7) is 0. The molecule has 0 N–H and O–H groups in total. The van der Waals surface area contributed by atoms with Gasteiger partial charge in [0.1, 0.15) is 5.82 Å². The summed E-state index contributed by atoms with van der Waals surface area (Å²) in [5.41, 5.74) is 1.13. The van der Waals surface area contributed by atoms with Gasteiger partial charge in [-0.15, -0.1) is 0 Å². The number of benzene rings is 1. The highest BCUT2D eigenvalue weighted by atomic mass is 127. The van der Waals surface area contributed by atoms with Crippen LogP contribution < -0.4 is 0 Å². The summed E-state index contributed by atoms with van der Waals surface area (Å²) < 4.78 is 13.8. The molecule has 0 saturated carbocycles. The second-order valence-corrected chi connectivity index (χ2v) is 4.77. The Balaban J connectivity index is 2.89. The van der Waals surface area contributed by atoms with Crippen LogP contribution in [0.15, 0.2) is 18.2 Å². The van der Waals surface area contributed by atoms with Gasteiger partial charge in [0.25, 0.3) is 0 Å². The third-order valence-electron chi connectivity index (χ3n) is 1.46. The van der Waals surface area contributed by atoms with Crippen molar-refractivity contribution >= 4 is 32.8 Å². The zero-order valence-corrected chi connectivity index (χ0v) is 10.6. The number of hydrogen-bond donors (Lipinski definition) is 0. The van der Waals surface area contributed by atoms with E-state index in [1.807, 2.05) is 6.07 Å². The van der Waals surface area contributed by atoms with E-state index in [1.54, 1.807) is 12.1 Å². The monoisotopic (exact) mass is 280 g/mol. The molecule has 0 saturated heterocycles. The molecule has 0 heterocycles. The van der Waals surface area contributed by atoms with E-state index in [2.05, 4.69) is 22.6 Å². The van der Waals surface area contributed by atoms with E-state index in [1.165, 1.54) is 16.3 Å². The average Bonchev–Trinajstić information content (AvgIpc) is 1.85. The van der Waals surface area contributed by atoms with E-state index in [0.29, 0.717) is 0 Å². The second-order valence-electron chi connectivity index (χ2n) is 2.53. The van der Waals surface area contributed by atoms with Gasteiger partial charge >= 0.3 is 0 Å². The molecule has 0 bridgehead atoms. The molecule has 0 spiro atoms. The van der Waals surface area contributed by atoms with Crippen LogP contribution in [0.5, 0.6) is 0 Å². The molecule has 0 aromatic heterocycles. The third-order valence-corrected chi connectivity index (χ3v) is 2.58. The van der Waals surface area contributed by atoms with Crippen LogP contribution in [-0.4, -0.2) is 10.2 Å². The summed E-state index contributed by atoms with van der Waals surface area (Å²) in [6.07, 6.45) is 1.03. The predicted molar refractivity (Wildman–Crippen MR) is 57.6 cm³/mol. The fourth-order valence-corrected chi connectivity index (χ4v) is 2.32. The van der Waals surface area contributed by atoms with Crippen molar-refractivity contribution in [1.82, 2.24) is 0 Å². The molecule has 0 aliphatic carbocycles. The van der Waals surface area contributed by atoms with Crippen molar-refractivity contribution in [2.24, 2.45) is 0 Å². The Kier molecular flexibility index (Phi) is 3.51. The number of aryl methyl sites for hydroxylation is 1. The fourth-order valence-electron chi connectivity index (χ4n) is 1.04. The SMILES string of the molecule is Fc1cc(I)cc(CC[SiH3])c1. The molecule has 0 fully saturated rings. The molecule has 0 amide bonds. The highest BCUT2D eigenvalue weighted by Crippen LogP contribution is 2.12. The summed E-state index contributed by atoms with van der Waals surface area (Å²) in [7, 11) is 1.19. The maximum Gasteiger partial charge on any atom is 0.124 e. The molecule has 0 aliphatic rings. The summed E-state index contributed by atoms with van der Waals surface area (Å²) >= 11 is 2.14. The van der Waals surface area contributed by atoms with Gasteiger partial charge in [0, 0.05) is 13.8 Å². The second kappa shape index (κ2) is 4.20. The summed E-state index contributed by atoms with van der Waals surface area (Å²) in [5, 5.41) is 0. The Morgan fingerprint density at radius 1 is 1.36 bits per heavy atom. The van der Waals surface area contributed by atoms with Crippen LogP contribution in [-0.2, 0) is 6.42 Å². The van der Waals surface area contributed by atoms with Crippen molar-refractivity contribution in [2.75, 3.05) is 0 Å². The Morgan fingerprint density at radius 2 is 2.09 bits per heavy atom. The first-order valence-corrected chi connectivity index (χ1v) is 6.16. The van der Waals surface area contributed by atoms with Crippen LogP contribution in [0.2, 0.25) is 6.04 Å². The minimum absolute atomic E-state index is 0.109. The van der Waals surface area contributed by atoms with Crippen molar-refractivity contribution in [2.45, 2.75) is 12.5 Å². The van der Waals surface area contributed by atoms with Gasteiger partial charge in [0.05, 0.1) is 0 Å². The number of halogens is 2. The highest BCUT2D eigenvalue weighted by molar-refractivity contribution is 14.1. The first kappa shape index (κ1) is 9.19. The quantitative estimate of drug-likeness (QED) is 0.572. The van der Waals surface area contributed by atoms with E-state index in [-0.39, 0.29) is 5.82 Å². The Labute approximate surface area is 82.8 Å². The molecular weight excluding hydrogens is 270 g/mol. The van der Waals surface area contributed by atoms with Crippen molar-refractivity contribution in [3.05, 3.63) is 33.1 Å². The molecule has 0 radical (unpaired) electrons. The first-order chi connectivity index (χ1) is 5.22. The molecule has 0 unspecified atom stereocenters. The maximum atomic E-state index is 12.8. The van der Waals surface area contributed by atoms with Crippen LogP contribution in [0.3, 0.4) is 0 Å². The van der Waals surface area contributed by atoms with Gasteiger partial charge < -0.3 is 0 Å². The first-order valence-electron chi connectivity index (χ1n) is 3.67. The lowest BCUT2D eigenvalue weighted by atomic mass is 10.2. The lowest BCUT2D eigenvalue weighted by Gasteiger charge is -1.99. The van der Waals surface area contributed by atoms with E-state index in [0.717, 1.165) is 15.6 Å². The Morgan fingerprint density at radius 3 is 2.64 bits per heavy atom. The minimum atomic E-state index is -0.109. The van der Waals surface area contributed by atoms with Crippen LogP contribution in [0.4, 0.5) is 4.39 Å². The average molecular weight is 280 g/mol. The van der Waals surface area contributed by atoms with Gasteiger partial charge in [-0.3, -0.25) is 0 Å². The van der Waals surface area contributed by atoms with Gasteiger partial charge in [-0.25, -0.2) is 4.39 Å². The van der Waals surface area contributed by atoms with Crippen LogP contribution in [0.1, 0.15) is 5.56 Å². The van der Waals surface area contributed by atoms with Gasteiger partial charge in [-0.2, -0.15) is 0 Å². The van der Waals surface area contributed by atoms with Crippen LogP contribution in [0.25, 0.3) is 0 Å². The molecule has 11 heavy (non-hydrogen) atoms. The van der Waals surface area contributed by atoms with Crippen molar-refractivity contribution < 1.29 is 4.39 Å². The Hall–Kier alpha value is 0.0969. The normalized spacial score (nSPS) is 10.4. The van der Waals surface area contributed by atoms with Crippen LogP contribution >= 0.6 is 22.6 Å². The summed E-state index contributed by atoms with van der Waals surface area (Å²) in [5.74, 6) is -0.109. The zero-order valence-electron chi connectivity index (χ0n) is 6.40. The third kappa shape index (κ3) is 2.90. The maximum absolute atomic E-state index is 12.8. The van der Waals surface area contributed by atoms with E-state index >= 15 is 0 Å². The molecule has 3 heteroatoms. The van der Waals surface area contributed by atoms with Crippen molar-refractivity contribution in [1.29, 1.82) is 0 Å². The van der Waals surface area contributed by atoms with E-state index in [4.69, 9.17) is 0 Å².